The van der Waals surface area contributed by atoms with E-state index in [1.54, 1.807) is 0 Å². The molecule has 11 heteroatoms. The molecule has 2 N–H and O–H groups in total. The zero-order valence-electron chi connectivity index (χ0n) is 15.3. The SMILES string of the molecule is COc1ncc(N(Cc2cc(C(F)(F)F)[nH]n2)C(=O)NC23CC(C)(C2)C3)cn1. The minimum Gasteiger partial charge on any atom is -0.467 e. The largest absolute Gasteiger partial charge is 0.467 e. The fraction of sp³-hybridized carbons (Fsp3) is 0.529. The maximum absolute atomic E-state index is 12.9. The quantitative estimate of drug-likeness (QED) is 0.810. The molecule has 2 amide bonds. The van der Waals surface area contributed by atoms with Crippen molar-refractivity contribution >= 4 is 11.7 Å². The number of hydrogen-bond donors (Lipinski definition) is 2. The summed E-state index contributed by atoms with van der Waals surface area (Å²) in [5.74, 6) is 0. The van der Waals surface area contributed by atoms with Crippen molar-refractivity contribution in [2.75, 3.05) is 12.0 Å². The van der Waals surface area contributed by atoms with Gasteiger partial charge in [-0.2, -0.15) is 18.3 Å². The lowest BCUT2D eigenvalue weighted by Gasteiger charge is -2.69. The molecule has 3 fully saturated rings. The molecule has 8 nitrogen and oxygen atoms in total. The molecule has 0 radical (unpaired) electrons. The van der Waals surface area contributed by atoms with E-state index in [-0.39, 0.29) is 23.8 Å². The Labute approximate surface area is 158 Å². The summed E-state index contributed by atoms with van der Waals surface area (Å²) >= 11 is 0. The molecule has 28 heavy (non-hydrogen) atoms. The molecule has 2 aromatic heterocycles. The van der Waals surface area contributed by atoms with Crippen LogP contribution in [-0.4, -0.2) is 38.8 Å². The number of hydrogen-bond acceptors (Lipinski definition) is 5. The first kappa shape index (κ1) is 18.5. The highest BCUT2D eigenvalue weighted by molar-refractivity contribution is 5.92. The molecule has 0 unspecified atom stereocenters. The van der Waals surface area contributed by atoms with Crippen LogP contribution >= 0.6 is 0 Å². The number of H-pyrrole nitrogens is 1. The van der Waals surface area contributed by atoms with Crippen LogP contribution in [0.5, 0.6) is 6.01 Å². The van der Waals surface area contributed by atoms with Crippen LogP contribution in [0.4, 0.5) is 23.7 Å². The second kappa shape index (κ2) is 6.08. The van der Waals surface area contributed by atoms with Crippen molar-refractivity contribution in [2.24, 2.45) is 5.41 Å². The molecule has 0 aromatic carbocycles. The van der Waals surface area contributed by atoms with Crippen LogP contribution in [0.1, 0.15) is 37.6 Å². The maximum Gasteiger partial charge on any atom is 0.432 e. The van der Waals surface area contributed by atoms with Crippen molar-refractivity contribution in [3.05, 3.63) is 29.8 Å². The number of nitrogens with one attached hydrogen (secondary N) is 2. The Morgan fingerprint density at radius 2 is 1.96 bits per heavy atom. The Hall–Kier alpha value is -2.85. The number of aromatic nitrogens is 4. The van der Waals surface area contributed by atoms with E-state index < -0.39 is 17.9 Å². The van der Waals surface area contributed by atoms with Gasteiger partial charge in [0.1, 0.15) is 5.69 Å². The lowest BCUT2D eigenvalue weighted by Crippen LogP contribution is -2.74. The topological polar surface area (TPSA) is 96.0 Å². The Morgan fingerprint density at radius 1 is 1.32 bits per heavy atom. The van der Waals surface area contributed by atoms with Crippen LogP contribution < -0.4 is 15.0 Å². The van der Waals surface area contributed by atoms with E-state index in [2.05, 4.69) is 27.3 Å². The Morgan fingerprint density at radius 3 is 2.46 bits per heavy atom. The first-order chi connectivity index (χ1) is 13.1. The number of carbonyl (C=O) groups excluding carboxylic acids is 1. The van der Waals surface area contributed by atoms with Crippen LogP contribution in [0.15, 0.2) is 18.5 Å². The van der Waals surface area contributed by atoms with Gasteiger partial charge in [0, 0.05) is 5.54 Å². The average molecular weight is 396 g/mol. The second-order valence-electron chi connectivity index (χ2n) is 7.84. The molecule has 3 aliphatic rings. The van der Waals surface area contributed by atoms with Crippen molar-refractivity contribution in [3.63, 3.8) is 0 Å². The molecule has 2 aromatic rings. The van der Waals surface area contributed by atoms with Crippen molar-refractivity contribution in [2.45, 2.75) is 44.4 Å². The summed E-state index contributed by atoms with van der Waals surface area (Å²) in [6.45, 7) is 2.00. The van der Waals surface area contributed by atoms with Gasteiger partial charge in [0.05, 0.1) is 37.4 Å². The minimum absolute atomic E-state index is 0.0721. The summed E-state index contributed by atoms with van der Waals surface area (Å²) in [4.78, 5) is 22.1. The van der Waals surface area contributed by atoms with Gasteiger partial charge in [-0.05, 0) is 30.7 Å². The first-order valence-electron chi connectivity index (χ1n) is 8.69. The number of urea groups is 1. The van der Waals surface area contributed by atoms with Crippen LogP contribution in [0, 0.1) is 5.41 Å². The smallest absolute Gasteiger partial charge is 0.432 e. The predicted octanol–water partition coefficient (Wildman–Crippen LogP) is 2.89. The van der Waals surface area contributed by atoms with Gasteiger partial charge in [0.25, 0.3) is 0 Å². The maximum atomic E-state index is 12.9. The first-order valence-corrected chi connectivity index (χ1v) is 8.69. The lowest BCUT2D eigenvalue weighted by atomic mass is 9.40. The normalized spacial score (nSPS) is 25.5. The van der Waals surface area contributed by atoms with E-state index in [0.717, 1.165) is 25.3 Å². The number of methoxy groups -OCH3 is 1. The summed E-state index contributed by atoms with van der Waals surface area (Å²) in [5.41, 5.74) is -0.498. The summed E-state index contributed by atoms with van der Waals surface area (Å²) < 4.78 is 43.4. The number of aromatic amines is 1. The minimum atomic E-state index is -4.54. The van der Waals surface area contributed by atoms with Gasteiger partial charge in [0.15, 0.2) is 0 Å². The number of amides is 2. The number of nitrogens with zero attached hydrogens (tertiary/aromatic N) is 4. The zero-order valence-corrected chi connectivity index (χ0v) is 15.3. The zero-order chi connectivity index (χ0) is 20.2. The molecule has 150 valence electrons. The van der Waals surface area contributed by atoms with Crippen LogP contribution in [0.2, 0.25) is 0 Å². The van der Waals surface area contributed by atoms with Crippen LogP contribution in [0.3, 0.4) is 0 Å². The standard InChI is InChI=1S/C17H19F3N6O2/c1-15-7-16(8-15,9-15)23-14(27)26(11-4-21-13(28-2)22-5-11)6-10-3-12(25-24-10)17(18,19)20/h3-5H,6-9H2,1-2H3,(H,23,27)(H,24,25). The van der Waals surface area contributed by atoms with E-state index in [1.165, 1.54) is 24.4 Å². The molecule has 5 rings (SSSR count). The van der Waals surface area contributed by atoms with Gasteiger partial charge in [-0.25, -0.2) is 14.8 Å². The number of alkyl halides is 3. The van der Waals surface area contributed by atoms with Crippen molar-refractivity contribution in [1.82, 2.24) is 25.5 Å². The summed E-state index contributed by atoms with van der Waals surface area (Å²) in [5, 5.41) is 8.65. The van der Waals surface area contributed by atoms with Gasteiger partial charge in [-0.15, -0.1) is 0 Å². The third kappa shape index (κ3) is 3.25. The third-order valence-corrected chi connectivity index (χ3v) is 5.28. The molecule has 3 aliphatic carbocycles. The lowest BCUT2D eigenvalue weighted by molar-refractivity contribution is -0.141. The average Bonchev–Trinajstić information content (AvgIpc) is 3.06. The third-order valence-electron chi connectivity index (χ3n) is 5.28. The van der Waals surface area contributed by atoms with Crippen molar-refractivity contribution in [3.8, 4) is 6.01 Å². The molecular formula is C17H19F3N6O2. The van der Waals surface area contributed by atoms with Gasteiger partial charge in [-0.3, -0.25) is 10.00 Å². The molecule has 2 heterocycles. The van der Waals surface area contributed by atoms with Gasteiger partial charge in [0.2, 0.25) is 0 Å². The number of ether oxygens (including phenoxy) is 1. The van der Waals surface area contributed by atoms with E-state index >= 15 is 0 Å². The molecule has 3 saturated carbocycles. The Balaban J connectivity index is 1.55. The Bertz CT molecular complexity index is 875. The molecule has 0 aliphatic heterocycles. The fourth-order valence-corrected chi connectivity index (χ4v) is 4.31. The highest BCUT2D eigenvalue weighted by Crippen LogP contribution is 2.66. The predicted molar refractivity (Wildman–Crippen MR) is 91.6 cm³/mol. The van der Waals surface area contributed by atoms with Gasteiger partial charge in [-0.1, -0.05) is 6.92 Å². The van der Waals surface area contributed by atoms with E-state index in [1.807, 2.05) is 5.10 Å². The molecule has 0 spiro atoms. The van der Waals surface area contributed by atoms with E-state index in [9.17, 15) is 18.0 Å². The van der Waals surface area contributed by atoms with Crippen LogP contribution in [-0.2, 0) is 12.7 Å². The van der Waals surface area contributed by atoms with E-state index in [4.69, 9.17) is 4.74 Å². The highest BCUT2D eigenvalue weighted by Gasteiger charge is 2.65. The number of rotatable bonds is 5. The molecular weight excluding hydrogens is 377 g/mol. The van der Waals surface area contributed by atoms with Crippen molar-refractivity contribution < 1.29 is 22.7 Å². The number of anilines is 1. The molecule has 2 bridgehead atoms. The van der Waals surface area contributed by atoms with Crippen molar-refractivity contribution in [1.29, 1.82) is 0 Å². The summed E-state index contributed by atoms with van der Waals surface area (Å²) in [6, 6.07) is 0.579. The fourth-order valence-electron chi connectivity index (χ4n) is 4.31. The highest BCUT2D eigenvalue weighted by atomic mass is 19.4. The molecule has 0 atom stereocenters. The summed E-state index contributed by atoms with van der Waals surface area (Å²) in [7, 11) is 1.41. The second-order valence-corrected chi connectivity index (χ2v) is 7.84. The summed E-state index contributed by atoms with van der Waals surface area (Å²) in [6.07, 6.45) is 0.929. The molecule has 0 saturated heterocycles. The monoisotopic (exact) mass is 396 g/mol. The van der Waals surface area contributed by atoms with E-state index in [0.29, 0.717) is 11.1 Å². The Kier molecular flexibility index (Phi) is 4.02. The van der Waals surface area contributed by atoms with Gasteiger partial charge >= 0.3 is 18.2 Å². The van der Waals surface area contributed by atoms with Gasteiger partial charge < -0.3 is 10.1 Å². The van der Waals surface area contributed by atoms with Crippen LogP contribution in [0.25, 0.3) is 0 Å². The number of carbonyl (C=O) groups is 1. The number of halogens is 3.